The number of ether oxygens (including phenoxy) is 3. The molecule has 0 saturated heterocycles. The third-order valence-electron chi connectivity index (χ3n) is 3.60. The molecule has 1 heterocycles. The second-order valence-corrected chi connectivity index (χ2v) is 5.39. The van der Waals surface area contributed by atoms with Gasteiger partial charge in [0, 0.05) is 0 Å². The van der Waals surface area contributed by atoms with Gasteiger partial charge in [-0.3, -0.25) is 0 Å². The predicted molar refractivity (Wildman–Crippen MR) is 95.8 cm³/mol. The molecule has 2 aromatic carbocycles. The highest BCUT2D eigenvalue weighted by Gasteiger charge is 2.26. The molecule has 0 unspecified atom stereocenters. The molecule has 0 atom stereocenters. The van der Waals surface area contributed by atoms with Gasteiger partial charge in [-0.05, 0) is 49.8 Å². The molecule has 6 heteroatoms. The molecular formula is C20H18FNO4. The quantitative estimate of drug-likeness (QED) is 0.581. The van der Waals surface area contributed by atoms with Gasteiger partial charge in [0.2, 0.25) is 5.90 Å². The lowest BCUT2D eigenvalue weighted by Gasteiger charge is -2.11. The van der Waals surface area contributed by atoms with Gasteiger partial charge >= 0.3 is 5.97 Å². The molecule has 0 bridgehead atoms. The number of aliphatic imine (C=N–C) groups is 1. The molecule has 0 aliphatic carbocycles. The van der Waals surface area contributed by atoms with Gasteiger partial charge in [-0.25, -0.2) is 14.2 Å². The molecule has 2 aromatic rings. The van der Waals surface area contributed by atoms with Crippen LogP contribution in [-0.4, -0.2) is 25.1 Å². The zero-order chi connectivity index (χ0) is 18.5. The smallest absolute Gasteiger partial charge is 0.363 e. The molecule has 1 aliphatic rings. The van der Waals surface area contributed by atoms with Crippen molar-refractivity contribution in [3.8, 4) is 11.5 Å². The Balaban J connectivity index is 1.93. The van der Waals surface area contributed by atoms with Crippen molar-refractivity contribution in [1.29, 1.82) is 0 Å². The highest BCUT2D eigenvalue weighted by molar-refractivity contribution is 6.12. The van der Waals surface area contributed by atoms with Crippen molar-refractivity contribution in [2.45, 2.75) is 13.8 Å². The van der Waals surface area contributed by atoms with Gasteiger partial charge in [-0.1, -0.05) is 18.2 Å². The van der Waals surface area contributed by atoms with Crippen LogP contribution < -0.4 is 9.47 Å². The van der Waals surface area contributed by atoms with E-state index in [1.54, 1.807) is 36.4 Å². The normalized spacial score (nSPS) is 15.0. The van der Waals surface area contributed by atoms with Crippen molar-refractivity contribution < 1.29 is 23.4 Å². The Kier molecular flexibility index (Phi) is 5.31. The topological polar surface area (TPSA) is 57.1 Å². The van der Waals surface area contributed by atoms with Gasteiger partial charge in [-0.2, -0.15) is 0 Å². The van der Waals surface area contributed by atoms with E-state index in [2.05, 4.69) is 4.99 Å². The minimum atomic E-state index is -0.630. The number of cyclic esters (lactones) is 1. The van der Waals surface area contributed by atoms with E-state index in [-0.39, 0.29) is 17.2 Å². The Hall–Kier alpha value is -3.15. The van der Waals surface area contributed by atoms with Crippen LogP contribution in [0.15, 0.2) is 53.2 Å². The summed E-state index contributed by atoms with van der Waals surface area (Å²) < 4.78 is 30.0. The summed E-state index contributed by atoms with van der Waals surface area (Å²) in [6, 6.07) is 11.3. The molecule has 1 aliphatic heterocycles. The van der Waals surface area contributed by atoms with E-state index in [9.17, 15) is 9.18 Å². The first kappa shape index (κ1) is 17.7. The van der Waals surface area contributed by atoms with Crippen LogP contribution in [0.1, 0.15) is 25.0 Å². The summed E-state index contributed by atoms with van der Waals surface area (Å²) in [7, 11) is 0. The fourth-order valence-corrected chi connectivity index (χ4v) is 2.47. The molecule has 3 rings (SSSR count). The van der Waals surface area contributed by atoms with Gasteiger partial charge in [0.15, 0.2) is 17.2 Å². The maximum atomic E-state index is 13.9. The average Bonchev–Trinajstić information content (AvgIpc) is 2.98. The molecule has 0 N–H and O–H groups in total. The predicted octanol–water partition coefficient (Wildman–Crippen LogP) is 3.97. The zero-order valence-corrected chi connectivity index (χ0v) is 14.5. The monoisotopic (exact) mass is 355 g/mol. The molecule has 26 heavy (non-hydrogen) atoms. The van der Waals surface area contributed by atoms with Crippen LogP contribution in [0.2, 0.25) is 0 Å². The Morgan fingerprint density at radius 1 is 1.08 bits per heavy atom. The van der Waals surface area contributed by atoms with Crippen molar-refractivity contribution in [3.63, 3.8) is 0 Å². The van der Waals surface area contributed by atoms with Crippen molar-refractivity contribution in [3.05, 3.63) is 65.1 Å². The van der Waals surface area contributed by atoms with E-state index in [0.717, 1.165) is 0 Å². The number of esters is 1. The third kappa shape index (κ3) is 3.74. The van der Waals surface area contributed by atoms with Crippen LogP contribution in [0, 0.1) is 5.82 Å². The fraction of sp³-hybridized carbons (Fsp3) is 0.200. The molecule has 0 spiro atoms. The summed E-state index contributed by atoms with van der Waals surface area (Å²) in [5.74, 6) is 0.0276. The van der Waals surface area contributed by atoms with Gasteiger partial charge in [0.05, 0.1) is 18.8 Å². The summed E-state index contributed by atoms with van der Waals surface area (Å²) in [5.41, 5.74) is 0.934. The first-order valence-corrected chi connectivity index (χ1v) is 8.29. The summed E-state index contributed by atoms with van der Waals surface area (Å²) in [6.07, 6.45) is 1.56. The molecule has 0 fully saturated rings. The van der Waals surface area contributed by atoms with Gasteiger partial charge in [0.25, 0.3) is 0 Å². The van der Waals surface area contributed by atoms with E-state index in [0.29, 0.717) is 30.3 Å². The zero-order valence-electron chi connectivity index (χ0n) is 14.5. The largest absolute Gasteiger partial charge is 0.490 e. The highest BCUT2D eigenvalue weighted by atomic mass is 19.1. The van der Waals surface area contributed by atoms with Crippen LogP contribution in [0.4, 0.5) is 4.39 Å². The second-order valence-electron chi connectivity index (χ2n) is 5.39. The number of hydrogen-bond donors (Lipinski definition) is 0. The minimum absolute atomic E-state index is 0.0460. The lowest BCUT2D eigenvalue weighted by Crippen LogP contribution is -2.07. The molecular weight excluding hydrogens is 337 g/mol. The van der Waals surface area contributed by atoms with Crippen LogP contribution in [0.25, 0.3) is 6.08 Å². The van der Waals surface area contributed by atoms with Gasteiger partial charge < -0.3 is 14.2 Å². The van der Waals surface area contributed by atoms with Crippen molar-refractivity contribution in [1.82, 2.24) is 0 Å². The van der Waals surface area contributed by atoms with Gasteiger partial charge in [-0.15, -0.1) is 0 Å². The van der Waals surface area contributed by atoms with Crippen LogP contribution in [0.5, 0.6) is 11.5 Å². The van der Waals surface area contributed by atoms with Crippen LogP contribution in [-0.2, 0) is 9.53 Å². The third-order valence-corrected chi connectivity index (χ3v) is 3.60. The maximum absolute atomic E-state index is 13.9. The summed E-state index contributed by atoms with van der Waals surface area (Å²) in [4.78, 5) is 16.2. The number of halogens is 1. The van der Waals surface area contributed by atoms with Crippen molar-refractivity contribution >= 4 is 17.9 Å². The number of carbonyl (C=O) groups excluding carboxylic acids is 1. The highest BCUT2D eigenvalue weighted by Crippen LogP contribution is 2.30. The molecule has 0 amide bonds. The summed E-state index contributed by atoms with van der Waals surface area (Å²) >= 11 is 0. The van der Waals surface area contributed by atoms with Crippen LogP contribution in [0.3, 0.4) is 0 Å². The van der Waals surface area contributed by atoms with Crippen molar-refractivity contribution in [2.24, 2.45) is 4.99 Å². The Labute approximate surface area is 150 Å². The van der Waals surface area contributed by atoms with E-state index in [4.69, 9.17) is 14.2 Å². The number of carbonyl (C=O) groups is 1. The standard InChI is InChI=1S/C20H18FNO4/c1-3-24-17-10-9-13(12-18(17)25-4-2)11-16-20(23)26-19(22-16)14-7-5-6-8-15(14)21/h5-12H,3-4H2,1-2H3/b16-11-. The number of hydrogen-bond acceptors (Lipinski definition) is 5. The Morgan fingerprint density at radius 2 is 1.81 bits per heavy atom. The van der Waals surface area contributed by atoms with Crippen LogP contribution >= 0.6 is 0 Å². The maximum Gasteiger partial charge on any atom is 0.363 e. The Bertz CT molecular complexity index is 889. The Morgan fingerprint density at radius 3 is 2.54 bits per heavy atom. The molecule has 0 radical (unpaired) electrons. The van der Waals surface area contributed by atoms with Crippen molar-refractivity contribution in [2.75, 3.05) is 13.2 Å². The SMILES string of the molecule is CCOc1ccc(/C=C2\N=C(c3ccccc3F)OC2=O)cc1OCC. The summed E-state index contributed by atoms with van der Waals surface area (Å²) in [6.45, 7) is 4.76. The fourth-order valence-electron chi connectivity index (χ4n) is 2.47. The number of benzene rings is 2. The average molecular weight is 355 g/mol. The lowest BCUT2D eigenvalue weighted by atomic mass is 10.1. The second kappa shape index (κ2) is 7.82. The van der Waals surface area contributed by atoms with E-state index < -0.39 is 11.8 Å². The number of rotatable bonds is 6. The lowest BCUT2D eigenvalue weighted by molar-refractivity contribution is -0.129. The molecule has 134 valence electrons. The first-order valence-electron chi connectivity index (χ1n) is 8.29. The summed E-state index contributed by atoms with van der Waals surface area (Å²) in [5, 5.41) is 0. The first-order chi connectivity index (χ1) is 12.6. The molecule has 0 aromatic heterocycles. The molecule has 5 nitrogen and oxygen atoms in total. The minimum Gasteiger partial charge on any atom is -0.490 e. The van der Waals surface area contributed by atoms with Gasteiger partial charge in [0.1, 0.15) is 5.82 Å². The van der Waals surface area contributed by atoms with E-state index >= 15 is 0 Å². The van der Waals surface area contributed by atoms with E-state index in [1.165, 1.54) is 12.1 Å². The van der Waals surface area contributed by atoms with E-state index in [1.807, 2.05) is 13.8 Å². The molecule has 0 saturated carbocycles. The number of nitrogens with zero attached hydrogens (tertiary/aromatic N) is 1.